The van der Waals surface area contributed by atoms with Gasteiger partial charge in [0, 0.05) is 25.9 Å². The van der Waals surface area contributed by atoms with Crippen molar-refractivity contribution in [2.45, 2.75) is 256 Å². The van der Waals surface area contributed by atoms with E-state index >= 15 is 0 Å². The molecule has 0 aliphatic carbocycles. The van der Waals surface area contributed by atoms with Crippen molar-refractivity contribution in [2.24, 2.45) is 73.6 Å². The Bertz CT molecular complexity index is 3000. The number of aliphatic carboxylic acids is 3. The van der Waals surface area contributed by atoms with Crippen LogP contribution in [0.3, 0.4) is 0 Å². The van der Waals surface area contributed by atoms with E-state index in [4.69, 9.17) is 45.9 Å². The number of rotatable bonds is 55. The van der Waals surface area contributed by atoms with Gasteiger partial charge in [0.05, 0.1) is 12.5 Å². The van der Waals surface area contributed by atoms with Gasteiger partial charge in [-0.2, -0.15) is 0 Å². The number of unbranched alkanes of at least 4 members (excludes halogenated alkanes) is 2. The lowest BCUT2D eigenvalue weighted by molar-refractivity contribution is -0.143. The van der Waals surface area contributed by atoms with Gasteiger partial charge in [-0.15, -0.1) is 0 Å². The van der Waals surface area contributed by atoms with E-state index in [2.05, 4.69) is 73.8 Å². The monoisotopic (exact) mass is 1510 g/mol. The SMILES string of the molecule is CC[C@H](NC(=O)[C@H](CCC(=O)O)NC(=O)[C@H](CCC(N)=O)NC(=O)[C@H](CCCN=C(N)N)NC(=O)[C@H](CCCN=C(N)N)NC(=O)[C@H](CC(C)C)NC(=O)[C@H](C)NC(=O)[C@H](CCCCN)NC(=O)[C@@H](N)CCCCN)C(=O)N[C@H](C(=O)N[C@@H](CC(=O)O)C(=O)N[C@@H](C)C(=O)N[C@@H](CC(C)C)C(=O)O)C(C)C. The summed E-state index contributed by atoms with van der Waals surface area (Å²) >= 11 is 0. The van der Waals surface area contributed by atoms with Gasteiger partial charge >= 0.3 is 17.9 Å². The fourth-order valence-electron chi connectivity index (χ4n) is 10.2. The minimum Gasteiger partial charge on any atom is -0.481 e. The van der Waals surface area contributed by atoms with E-state index in [9.17, 15) is 92.0 Å². The van der Waals surface area contributed by atoms with Crippen LogP contribution < -0.4 is 110 Å². The topological polar surface area (TPSA) is 711 Å². The van der Waals surface area contributed by atoms with Crippen molar-refractivity contribution in [3.05, 3.63) is 0 Å². The first-order chi connectivity index (χ1) is 49.6. The van der Waals surface area contributed by atoms with Crippen LogP contribution in [0.5, 0.6) is 0 Å². The van der Waals surface area contributed by atoms with E-state index in [1.807, 2.05) is 0 Å². The van der Waals surface area contributed by atoms with Gasteiger partial charge in [0.2, 0.25) is 76.8 Å². The summed E-state index contributed by atoms with van der Waals surface area (Å²) in [5.74, 6) is -19.1. The molecule has 0 bridgehead atoms. The number of hydrogen-bond acceptors (Lipinski definition) is 21. The van der Waals surface area contributed by atoms with Crippen molar-refractivity contribution in [1.82, 2.24) is 63.8 Å². The Morgan fingerprint density at radius 1 is 0.349 bits per heavy atom. The van der Waals surface area contributed by atoms with Gasteiger partial charge < -0.3 is 125 Å². The molecule has 0 radical (unpaired) electrons. The van der Waals surface area contributed by atoms with Gasteiger partial charge in [0.25, 0.3) is 0 Å². The smallest absolute Gasteiger partial charge is 0.326 e. The first kappa shape index (κ1) is 95.9. The minimum absolute atomic E-state index is 0.0207. The molecule has 0 fully saturated rings. The molecule has 0 saturated heterocycles. The van der Waals surface area contributed by atoms with E-state index < -0.39 is 211 Å². The number of nitrogens with two attached hydrogens (primary N) is 8. The number of carboxylic acid groups (broad SMARTS) is 3. The molecular formula is C65H118N22O19. The summed E-state index contributed by atoms with van der Waals surface area (Å²) in [6, 6.07) is -19.3. The highest BCUT2D eigenvalue weighted by molar-refractivity contribution is 6.00. The first-order valence-electron chi connectivity index (χ1n) is 35.4. The molecule has 0 rings (SSSR count). The van der Waals surface area contributed by atoms with E-state index in [1.54, 1.807) is 27.7 Å². The Morgan fingerprint density at radius 3 is 1.08 bits per heavy atom. The standard InChI is InChI=1S/C65H118N22O19/c1-10-38(54(96)87-50(34(6)7)62(104)85-45(31-49(91)92)60(102)77-36(9)52(94)86-46(63(105)106)30-33(4)5)78-58(100)43(22-24-48(89)90)83-59(101)42(21-23-47(69)88)82-57(99)40(19-15-27-74-64(70)71)80-56(98)41(20-16-28-75-65(72)73)81-61(103)44(29-32(2)3)84-51(93)35(8)76-55(97)39(18-12-14-26-67)79-53(95)37(68)17-11-13-25-66/h32-46,50H,10-31,66-68H2,1-9H3,(H2,69,88)(H,76,97)(H,77,102)(H,78,100)(H,79,95)(H,80,98)(H,81,103)(H,82,99)(H,83,101)(H,84,93)(H,85,104)(H,86,94)(H,87,96)(H,89,90)(H,91,92)(H,105,106)(H4,70,71,74)(H4,72,73,75)/t35-,36-,37-,38-,39-,40-,41-,42-,43-,44-,45-,46-,50-/m0/s1. The van der Waals surface area contributed by atoms with Crippen LogP contribution in [0.4, 0.5) is 0 Å². The molecule has 0 aromatic heterocycles. The number of carbonyl (C=O) groups is 16. The number of hydrogen-bond donors (Lipinski definition) is 23. The molecular weight excluding hydrogens is 1390 g/mol. The van der Waals surface area contributed by atoms with Crippen molar-refractivity contribution < 1.29 is 92.0 Å². The molecule has 602 valence electrons. The molecule has 106 heavy (non-hydrogen) atoms. The maximum absolute atomic E-state index is 14.6. The third kappa shape index (κ3) is 40.3. The Labute approximate surface area is 616 Å². The van der Waals surface area contributed by atoms with E-state index in [1.165, 1.54) is 34.6 Å². The molecule has 13 atom stereocenters. The molecule has 41 nitrogen and oxygen atoms in total. The van der Waals surface area contributed by atoms with Gasteiger partial charge in [0.15, 0.2) is 11.9 Å². The normalized spacial score (nSPS) is 14.8. The summed E-state index contributed by atoms with van der Waals surface area (Å²) in [6.07, 6.45) is -1.79. The lowest BCUT2D eigenvalue weighted by atomic mass is 10.0. The third-order valence-electron chi connectivity index (χ3n) is 16.1. The first-order valence-corrected chi connectivity index (χ1v) is 35.4. The minimum atomic E-state index is -1.87. The number of nitrogens with one attached hydrogen (secondary N) is 12. The van der Waals surface area contributed by atoms with Crippen LogP contribution >= 0.6 is 0 Å². The molecule has 0 saturated carbocycles. The fourth-order valence-corrected chi connectivity index (χ4v) is 10.2. The van der Waals surface area contributed by atoms with Crippen molar-refractivity contribution in [3.8, 4) is 0 Å². The molecule has 0 aliphatic heterocycles. The molecule has 41 heteroatoms. The van der Waals surface area contributed by atoms with Crippen LogP contribution in [0, 0.1) is 17.8 Å². The molecule has 0 unspecified atom stereocenters. The molecule has 0 aromatic rings. The second-order valence-corrected chi connectivity index (χ2v) is 26.9. The number of carbonyl (C=O) groups excluding carboxylic acids is 13. The molecule has 0 heterocycles. The van der Waals surface area contributed by atoms with Gasteiger partial charge in [-0.05, 0) is 135 Å². The summed E-state index contributed by atoms with van der Waals surface area (Å²) in [5.41, 5.74) is 45.0. The maximum Gasteiger partial charge on any atom is 0.326 e. The molecule has 0 spiro atoms. The van der Waals surface area contributed by atoms with Gasteiger partial charge in [-0.25, -0.2) is 4.79 Å². The summed E-state index contributed by atoms with van der Waals surface area (Å²) < 4.78 is 0. The highest BCUT2D eigenvalue weighted by Crippen LogP contribution is 2.14. The van der Waals surface area contributed by atoms with Gasteiger partial charge in [0.1, 0.15) is 72.5 Å². The van der Waals surface area contributed by atoms with E-state index in [0.29, 0.717) is 45.2 Å². The van der Waals surface area contributed by atoms with Crippen molar-refractivity contribution >= 4 is 107 Å². The average Bonchev–Trinajstić information content (AvgIpc) is 0.856. The molecule has 31 N–H and O–H groups in total. The fraction of sp³-hybridized carbons (Fsp3) is 0.723. The number of amides is 13. The van der Waals surface area contributed by atoms with Crippen LogP contribution in [-0.4, -0.2) is 227 Å². The summed E-state index contributed by atoms with van der Waals surface area (Å²) in [4.78, 5) is 223. The largest absolute Gasteiger partial charge is 0.481 e. The van der Waals surface area contributed by atoms with Crippen LogP contribution in [0.2, 0.25) is 0 Å². The molecule has 0 aliphatic rings. The zero-order valence-electron chi connectivity index (χ0n) is 62.2. The van der Waals surface area contributed by atoms with Gasteiger partial charge in [-0.1, -0.05) is 54.9 Å². The lowest BCUT2D eigenvalue weighted by Gasteiger charge is -2.29. The second-order valence-electron chi connectivity index (χ2n) is 26.9. The molecule has 13 amide bonds. The van der Waals surface area contributed by atoms with Crippen molar-refractivity contribution in [1.29, 1.82) is 0 Å². The highest BCUT2D eigenvalue weighted by atomic mass is 16.4. The van der Waals surface area contributed by atoms with Crippen molar-refractivity contribution in [2.75, 3.05) is 26.2 Å². The molecule has 0 aromatic carbocycles. The lowest BCUT2D eigenvalue weighted by Crippen LogP contribution is -2.61. The Morgan fingerprint density at radius 2 is 0.689 bits per heavy atom. The predicted molar refractivity (Wildman–Crippen MR) is 387 cm³/mol. The van der Waals surface area contributed by atoms with Gasteiger partial charge in [-0.3, -0.25) is 81.9 Å². The zero-order valence-corrected chi connectivity index (χ0v) is 62.2. The van der Waals surface area contributed by atoms with Crippen LogP contribution in [0.25, 0.3) is 0 Å². The number of nitrogens with zero attached hydrogens (tertiary/aromatic N) is 2. The Hall–Kier alpha value is -10.1. The Kier molecular flexibility index (Phi) is 46.3. The third-order valence-corrected chi connectivity index (χ3v) is 16.1. The number of aliphatic imine (C=N–C) groups is 2. The van der Waals surface area contributed by atoms with E-state index in [0.717, 1.165) is 0 Å². The van der Waals surface area contributed by atoms with Crippen LogP contribution in [0.15, 0.2) is 9.98 Å². The maximum atomic E-state index is 14.6. The Balaban J connectivity index is 7.17. The van der Waals surface area contributed by atoms with E-state index in [-0.39, 0.29) is 88.2 Å². The van der Waals surface area contributed by atoms with Crippen LogP contribution in [0.1, 0.15) is 178 Å². The average molecular weight is 1510 g/mol. The summed E-state index contributed by atoms with van der Waals surface area (Å²) in [7, 11) is 0. The van der Waals surface area contributed by atoms with Crippen LogP contribution in [-0.2, 0) is 76.7 Å². The highest BCUT2D eigenvalue weighted by Gasteiger charge is 2.38. The number of primary amides is 1. The summed E-state index contributed by atoms with van der Waals surface area (Å²) in [6.45, 7) is 14.3. The quantitative estimate of drug-likeness (QED) is 0.0153. The zero-order chi connectivity index (χ0) is 81.1. The predicted octanol–water partition coefficient (Wildman–Crippen LogP) is -6.62. The second kappa shape index (κ2) is 51.2. The number of guanidine groups is 2. The number of carboxylic acids is 3. The summed E-state index contributed by atoms with van der Waals surface area (Å²) in [5, 5.41) is 58.4. The van der Waals surface area contributed by atoms with Crippen molar-refractivity contribution in [3.63, 3.8) is 0 Å².